The fourth-order valence-electron chi connectivity index (χ4n) is 2.61. The standard InChI is InChI=1S/C15H24N2O4/c1-9(8-15(2,3)4)7-10(18)11-12(19)16(5)14(21)17(6)13(11)20/h9,19H,7-8H2,1-6H3/t9-/m1/s1. The number of nitrogens with zero attached hydrogens (tertiary/aromatic N) is 2. The maximum atomic E-state index is 12.3. The highest BCUT2D eigenvalue weighted by Crippen LogP contribution is 2.27. The maximum Gasteiger partial charge on any atom is 0.333 e. The molecule has 6 nitrogen and oxygen atoms in total. The predicted octanol–water partition coefficient (Wildman–Crippen LogP) is 1.43. The highest BCUT2D eigenvalue weighted by molar-refractivity contribution is 5.97. The van der Waals surface area contributed by atoms with Crippen LogP contribution in [0.15, 0.2) is 9.59 Å². The Bertz CT molecular complexity index is 662. The molecule has 1 N–H and O–H groups in total. The van der Waals surface area contributed by atoms with E-state index in [1.807, 2.05) is 6.92 Å². The molecule has 1 atom stereocenters. The third kappa shape index (κ3) is 3.83. The molecule has 0 aromatic carbocycles. The van der Waals surface area contributed by atoms with Crippen molar-refractivity contribution in [2.45, 2.75) is 40.5 Å². The van der Waals surface area contributed by atoms with Crippen LogP contribution >= 0.6 is 0 Å². The molecule has 0 spiro atoms. The van der Waals surface area contributed by atoms with E-state index in [1.165, 1.54) is 14.1 Å². The Labute approximate surface area is 124 Å². The Balaban J connectivity index is 3.16. The van der Waals surface area contributed by atoms with Gasteiger partial charge in [0.25, 0.3) is 5.56 Å². The molecule has 1 aromatic rings. The van der Waals surface area contributed by atoms with Crippen molar-refractivity contribution in [3.8, 4) is 5.88 Å². The van der Waals surface area contributed by atoms with E-state index in [-0.39, 0.29) is 23.3 Å². The number of aromatic nitrogens is 2. The van der Waals surface area contributed by atoms with Crippen LogP contribution in [0.3, 0.4) is 0 Å². The summed E-state index contributed by atoms with van der Waals surface area (Å²) >= 11 is 0. The molecule has 0 fully saturated rings. The zero-order valence-corrected chi connectivity index (χ0v) is 13.6. The molecule has 118 valence electrons. The number of rotatable bonds is 4. The van der Waals surface area contributed by atoms with Gasteiger partial charge in [-0.3, -0.25) is 18.7 Å². The molecule has 0 aliphatic carbocycles. The Morgan fingerprint density at radius 3 is 2.19 bits per heavy atom. The summed E-state index contributed by atoms with van der Waals surface area (Å²) < 4.78 is 1.74. The highest BCUT2D eigenvalue weighted by Gasteiger charge is 2.24. The van der Waals surface area contributed by atoms with Crippen LogP contribution < -0.4 is 11.2 Å². The first kappa shape index (κ1) is 17.2. The van der Waals surface area contributed by atoms with E-state index in [2.05, 4.69) is 20.8 Å². The number of hydrogen-bond donors (Lipinski definition) is 1. The molecule has 1 heterocycles. The van der Waals surface area contributed by atoms with Crippen LogP contribution in [0.25, 0.3) is 0 Å². The van der Waals surface area contributed by atoms with Crippen LogP contribution in [0.5, 0.6) is 5.88 Å². The van der Waals surface area contributed by atoms with Gasteiger partial charge in [0.15, 0.2) is 5.78 Å². The van der Waals surface area contributed by atoms with E-state index >= 15 is 0 Å². The summed E-state index contributed by atoms with van der Waals surface area (Å²) in [5.41, 5.74) is -1.63. The van der Waals surface area contributed by atoms with Crippen molar-refractivity contribution in [1.29, 1.82) is 0 Å². The Morgan fingerprint density at radius 1 is 1.19 bits per heavy atom. The van der Waals surface area contributed by atoms with Gasteiger partial charge in [0.05, 0.1) is 0 Å². The summed E-state index contributed by atoms with van der Waals surface area (Å²) in [6.45, 7) is 8.18. The van der Waals surface area contributed by atoms with Crippen molar-refractivity contribution >= 4 is 5.78 Å². The first-order valence-corrected chi connectivity index (χ1v) is 6.98. The van der Waals surface area contributed by atoms with Gasteiger partial charge in [0.1, 0.15) is 5.56 Å². The second kappa shape index (κ2) is 5.87. The molecule has 0 saturated carbocycles. The van der Waals surface area contributed by atoms with Crippen LogP contribution in [0.2, 0.25) is 0 Å². The van der Waals surface area contributed by atoms with Crippen LogP contribution in [0.4, 0.5) is 0 Å². The summed E-state index contributed by atoms with van der Waals surface area (Å²) in [4.78, 5) is 36.0. The average Bonchev–Trinajstić information content (AvgIpc) is 2.31. The minimum atomic E-state index is -0.747. The SMILES string of the molecule is C[C@H](CC(=O)c1c(O)n(C)c(=O)n(C)c1=O)CC(C)(C)C. The van der Waals surface area contributed by atoms with E-state index in [9.17, 15) is 19.5 Å². The molecule has 0 radical (unpaired) electrons. The lowest BCUT2D eigenvalue weighted by Crippen LogP contribution is -2.40. The molecule has 0 saturated heterocycles. The number of hydrogen-bond acceptors (Lipinski definition) is 4. The Kier molecular flexibility index (Phi) is 4.81. The minimum absolute atomic E-state index is 0.0796. The largest absolute Gasteiger partial charge is 0.494 e. The van der Waals surface area contributed by atoms with Gasteiger partial charge in [0.2, 0.25) is 5.88 Å². The molecule has 21 heavy (non-hydrogen) atoms. The van der Waals surface area contributed by atoms with Crippen LogP contribution in [0.1, 0.15) is 50.9 Å². The van der Waals surface area contributed by atoms with Gasteiger partial charge in [-0.15, -0.1) is 0 Å². The lowest BCUT2D eigenvalue weighted by molar-refractivity contribution is 0.0947. The van der Waals surface area contributed by atoms with E-state index < -0.39 is 22.9 Å². The first-order valence-electron chi connectivity index (χ1n) is 6.98. The fraction of sp³-hybridized carbons (Fsp3) is 0.667. The average molecular weight is 296 g/mol. The molecule has 6 heteroatoms. The summed E-state index contributed by atoms with van der Waals surface area (Å²) in [6.07, 6.45) is 0.990. The van der Waals surface area contributed by atoms with Gasteiger partial charge in [-0.2, -0.15) is 0 Å². The van der Waals surface area contributed by atoms with Crippen molar-refractivity contribution in [3.05, 3.63) is 26.4 Å². The molecule has 1 rings (SSSR count). The van der Waals surface area contributed by atoms with Gasteiger partial charge in [0, 0.05) is 20.5 Å². The predicted molar refractivity (Wildman–Crippen MR) is 80.8 cm³/mol. The first-order chi connectivity index (χ1) is 9.45. The summed E-state index contributed by atoms with van der Waals surface area (Å²) in [6, 6.07) is 0. The van der Waals surface area contributed by atoms with E-state index in [1.54, 1.807) is 0 Å². The normalized spacial score (nSPS) is 13.2. The van der Waals surface area contributed by atoms with Crippen molar-refractivity contribution in [1.82, 2.24) is 9.13 Å². The number of ketones is 1. The van der Waals surface area contributed by atoms with Gasteiger partial charge in [-0.25, -0.2) is 4.79 Å². The fourth-order valence-corrected chi connectivity index (χ4v) is 2.61. The summed E-state index contributed by atoms with van der Waals surface area (Å²) in [7, 11) is 2.62. The third-order valence-corrected chi connectivity index (χ3v) is 3.41. The van der Waals surface area contributed by atoms with Gasteiger partial charge in [-0.1, -0.05) is 27.7 Å². The molecular formula is C15H24N2O4. The molecular weight excluding hydrogens is 272 g/mol. The molecule has 0 unspecified atom stereocenters. The number of aromatic hydroxyl groups is 1. The van der Waals surface area contributed by atoms with Gasteiger partial charge in [-0.05, 0) is 17.8 Å². The van der Waals surface area contributed by atoms with E-state index in [4.69, 9.17) is 0 Å². The molecule has 0 aliphatic heterocycles. The van der Waals surface area contributed by atoms with Crippen molar-refractivity contribution in [2.24, 2.45) is 25.4 Å². The number of carbonyl (C=O) groups excluding carboxylic acids is 1. The number of Topliss-reactive ketones (excluding diaryl/α,β-unsaturated/α-hetero) is 1. The quantitative estimate of drug-likeness (QED) is 0.852. The zero-order valence-electron chi connectivity index (χ0n) is 13.6. The lowest BCUT2D eigenvalue weighted by atomic mass is 9.83. The van der Waals surface area contributed by atoms with Gasteiger partial charge < -0.3 is 5.11 Å². The smallest absolute Gasteiger partial charge is 0.333 e. The number of carbonyl (C=O) groups is 1. The van der Waals surface area contributed by atoms with Crippen molar-refractivity contribution in [3.63, 3.8) is 0 Å². The Hall–Kier alpha value is -1.85. The van der Waals surface area contributed by atoms with Crippen LogP contribution in [-0.4, -0.2) is 20.0 Å². The lowest BCUT2D eigenvalue weighted by Gasteiger charge is -2.22. The molecule has 0 aliphatic rings. The highest BCUT2D eigenvalue weighted by atomic mass is 16.3. The second-order valence-corrected chi connectivity index (χ2v) is 6.90. The van der Waals surface area contributed by atoms with E-state index in [0.717, 1.165) is 15.6 Å². The Morgan fingerprint density at radius 2 is 1.71 bits per heavy atom. The third-order valence-electron chi connectivity index (χ3n) is 3.41. The summed E-state index contributed by atoms with van der Waals surface area (Å²) in [5.74, 6) is -0.907. The minimum Gasteiger partial charge on any atom is -0.494 e. The van der Waals surface area contributed by atoms with Crippen molar-refractivity contribution < 1.29 is 9.90 Å². The molecule has 0 amide bonds. The zero-order chi connectivity index (χ0) is 16.5. The summed E-state index contributed by atoms with van der Waals surface area (Å²) in [5, 5.41) is 9.93. The second-order valence-electron chi connectivity index (χ2n) is 6.90. The molecule has 0 bridgehead atoms. The van der Waals surface area contributed by atoms with Crippen molar-refractivity contribution in [2.75, 3.05) is 0 Å². The maximum absolute atomic E-state index is 12.3. The van der Waals surface area contributed by atoms with Crippen LogP contribution in [-0.2, 0) is 14.1 Å². The monoisotopic (exact) mass is 296 g/mol. The molecule has 1 aromatic heterocycles. The van der Waals surface area contributed by atoms with Gasteiger partial charge >= 0.3 is 5.69 Å². The van der Waals surface area contributed by atoms with Crippen LogP contribution in [0, 0.1) is 11.3 Å². The topological polar surface area (TPSA) is 81.3 Å². The van der Waals surface area contributed by atoms with E-state index in [0.29, 0.717) is 0 Å².